The highest BCUT2D eigenvalue weighted by atomic mass is 19.4. The summed E-state index contributed by atoms with van der Waals surface area (Å²) >= 11 is 0. The lowest BCUT2D eigenvalue weighted by Gasteiger charge is -2.38. The van der Waals surface area contributed by atoms with Crippen LogP contribution in [0.3, 0.4) is 0 Å². The molecule has 31 heavy (non-hydrogen) atoms. The maximum atomic E-state index is 13.8. The van der Waals surface area contributed by atoms with Gasteiger partial charge < -0.3 is 19.1 Å². The van der Waals surface area contributed by atoms with Crippen LogP contribution in [0.15, 0.2) is 28.9 Å². The number of hydrogen-bond acceptors (Lipinski definition) is 7. The van der Waals surface area contributed by atoms with Gasteiger partial charge in [-0.2, -0.15) is 13.2 Å². The van der Waals surface area contributed by atoms with E-state index in [1.54, 1.807) is 6.07 Å². The Balaban J connectivity index is 0.000000339. The van der Waals surface area contributed by atoms with Crippen LogP contribution >= 0.6 is 0 Å². The van der Waals surface area contributed by atoms with E-state index in [4.69, 9.17) is 23.9 Å². The van der Waals surface area contributed by atoms with Crippen molar-refractivity contribution in [3.8, 4) is 5.88 Å². The highest BCUT2D eigenvalue weighted by Gasteiger charge is 2.44. The number of alkyl halides is 3. The number of fused-ring (bicyclic) bond motifs is 1. The fourth-order valence-electron chi connectivity index (χ4n) is 3.62. The van der Waals surface area contributed by atoms with Gasteiger partial charge in [0.15, 0.2) is 5.82 Å². The number of nitrogens with zero attached hydrogens (tertiary/aromatic N) is 3. The molecule has 2 fully saturated rings. The van der Waals surface area contributed by atoms with Crippen molar-refractivity contribution < 1.29 is 41.5 Å². The van der Waals surface area contributed by atoms with Crippen LogP contribution in [0.2, 0.25) is 0 Å². The van der Waals surface area contributed by atoms with Gasteiger partial charge in [0.05, 0.1) is 12.3 Å². The van der Waals surface area contributed by atoms with E-state index in [0.717, 1.165) is 37.4 Å². The largest absolute Gasteiger partial charge is 0.490 e. The third-order valence-electron chi connectivity index (χ3n) is 4.92. The van der Waals surface area contributed by atoms with Crippen LogP contribution in [0.5, 0.6) is 5.88 Å². The number of halogens is 4. The predicted octanol–water partition coefficient (Wildman–Crippen LogP) is 2.96. The first-order valence-corrected chi connectivity index (χ1v) is 9.50. The first-order valence-electron chi connectivity index (χ1n) is 9.50. The molecule has 0 spiro atoms. The van der Waals surface area contributed by atoms with Crippen molar-refractivity contribution in [3.63, 3.8) is 0 Å². The quantitative estimate of drug-likeness (QED) is 0.715. The molecule has 3 heterocycles. The summed E-state index contributed by atoms with van der Waals surface area (Å²) in [6.07, 6.45) is -2.04. The number of pyridine rings is 1. The summed E-state index contributed by atoms with van der Waals surface area (Å²) in [7, 11) is 0. The topological polar surface area (TPSA) is 97.9 Å². The summed E-state index contributed by atoms with van der Waals surface area (Å²) in [6, 6.07) is 5.11. The minimum absolute atomic E-state index is 0.0519. The van der Waals surface area contributed by atoms with Gasteiger partial charge in [-0.05, 0) is 31.9 Å². The lowest BCUT2D eigenvalue weighted by atomic mass is 10.1. The summed E-state index contributed by atoms with van der Waals surface area (Å²) in [5, 5.41) is 11.2. The molecular formula is C19H21F4N3O5. The molecule has 0 unspecified atom stereocenters. The molecule has 2 aromatic heterocycles. The van der Waals surface area contributed by atoms with Gasteiger partial charge >= 0.3 is 12.1 Å². The lowest BCUT2D eigenvalue weighted by molar-refractivity contribution is -0.192. The van der Waals surface area contributed by atoms with Crippen molar-refractivity contribution in [2.45, 2.75) is 50.7 Å². The van der Waals surface area contributed by atoms with Gasteiger partial charge in [0.25, 0.3) is 5.88 Å². The second-order valence-corrected chi connectivity index (χ2v) is 7.13. The number of morpholine rings is 1. The lowest BCUT2D eigenvalue weighted by Crippen LogP contribution is -2.51. The SMILES string of the molecule is Cc1cc(CN2CCO[C@H]3[C@H](Oc4ncccc4F)CC[C@@H]32)no1.O=C(O)C(F)(F)F. The van der Waals surface area contributed by atoms with Gasteiger partial charge in [-0.15, -0.1) is 0 Å². The van der Waals surface area contributed by atoms with Crippen LogP contribution < -0.4 is 4.74 Å². The Hall–Kier alpha value is -2.73. The number of ether oxygens (including phenoxy) is 2. The van der Waals surface area contributed by atoms with E-state index >= 15 is 0 Å². The third-order valence-corrected chi connectivity index (χ3v) is 4.92. The predicted molar refractivity (Wildman–Crippen MR) is 96.7 cm³/mol. The minimum atomic E-state index is -5.08. The number of hydrogen-bond donors (Lipinski definition) is 1. The Morgan fingerprint density at radius 3 is 2.74 bits per heavy atom. The molecule has 0 aromatic carbocycles. The molecular weight excluding hydrogens is 426 g/mol. The number of carboxylic acid groups (broad SMARTS) is 1. The van der Waals surface area contributed by atoms with Crippen LogP contribution in [0.4, 0.5) is 17.6 Å². The number of carboxylic acids is 1. The zero-order valence-corrected chi connectivity index (χ0v) is 16.5. The molecule has 0 amide bonds. The first-order chi connectivity index (χ1) is 14.6. The highest BCUT2D eigenvalue weighted by Crippen LogP contribution is 2.33. The number of aryl methyl sites for hydroxylation is 1. The van der Waals surface area contributed by atoms with E-state index in [1.807, 2.05) is 13.0 Å². The second kappa shape index (κ2) is 9.60. The van der Waals surface area contributed by atoms with Crippen LogP contribution in [-0.4, -0.2) is 63.7 Å². The first kappa shape index (κ1) is 22.9. The molecule has 2 aromatic rings. The summed E-state index contributed by atoms with van der Waals surface area (Å²) in [6.45, 7) is 4.09. The minimum Gasteiger partial charge on any atom is -0.475 e. The van der Waals surface area contributed by atoms with Gasteiger partial charge in [0.1, 0.15) is 18.0 Å². The average molecular weight is 447 g/mol. The summed E-state index contributed by atoms with van der Waals surface area (Å²) in [4.78, 5) is 15.2. The van der Waals surface area contributed by atoms with E-state index in [9.17, 15) is 17.6 Å². The number of aliphatic carboxylic acids is 1. The normalized spacial score (nSPS) is 23.6. The molecule has 1 aliphatic carbocycles. The number of rotatable bonds is 4. The van der Waals surface area contributed by atoms with E-state index < -0.39 is 18.0 Å². The third kappa shape index (κ3) is 5.91. The maximum absolute atomic E-state index is 13.8. The Kier molecular flexibility index (Phi) is 7.11. The monoisotopic (exact) mass is 447 g/mol. The second-order valence-electron chi connectivity index (χ2n) is 7.13. The van der Waals surface area contributed by atoms with Crippen molar-refractivity contribution in [2.24, 2.45) is 0 Å². The van der Waals surface area contributed by atoms with E-state index in [2.05, 4.69) is 15.0 Å². The Labute approximate surface area is 174 Å². The van der Waals surface area contributed by atoms with Gasteiger partial charge in [0.2, 0.25) is 0 Å². The van der Waals surface area contributed by atoms with E-state index in [0.29, 0.717) is 6.61 Å². The van der Waals surface area contributed by atoms with Gasteiger partial charge in [-0.25, -0.2) is 14.2 Å². The van der Waals surface area contributed by atoms with Gasteiger partial charge in [0, 0.05) is 31.4 Å². The summed E-state index contributed by atoms with van der Waals surface area (Å²) in [5.74, 6) is -2.33. The molecule has 1 N–H and O–H groups in total. The molecule has 3 atom stereocenters. The number of aromatic nitrogens is 2. The van der Waals surface area contributed by atoms with Crippen molar-refractivity contribution in [1.29, 1.82) is 0 Å². The molecule has 1 saturated carbocycles. The average Bonchev–Trinajstić information content (AvgIpc) is 3.30. The summed E-state index contributed by atoms with van der Waals surface area (Å²) in [5.41, 5.74) is 0.924. The fourth-order valence-corrected chi connectivity index (χ4v) is 3.62. The molecule has 2 aliphatic rings. The van der Waals surface area contributed by atoms with E-state index in [-0.39, 0.29) is 24.1 Å². The molecule has 1 aliphatic heterocycles. The maximum Gasteiger partial charge on any atom is 0.490 e. The molecule has 1 saturated heterocycles. The van der Waals surface area contributed by atoms with Crippen molar-refractivity contribution in [3.05, 3.63) is 41.7 Å². The Bertz CT molecular complexity index is 891. The van der Waals surface area contributed by atoms with Crippen LogP contribution in [-0.2, 0) is 16.1 Å². The van der Waals surface area contributed by atoms with Crippen molar-refractivity contribution in [2.75, 3.05) is 13.2 Å². The van der Waals surface area contributed by atoms with Crippen LogP contribution in [0, 0.1) is 12.7 Å². The molecule has 8 nitrogen and oxygen atoms in total. The van der Waals surface area contributed by atoms with Crippen molar-refractivity contribution in [1.82, 2.24) is 15.0 Å². The molecule has 12 heteroatoms. The highest BCUT2D eigenvalue weighted by molar-refractivity contribution is 5.73. The smallest absolute Gasteiger partial charge is 0.475 e. The molecule has 0 radical (unpaired) electrons. The van der Waals surface area contributed by atoms with Gasteiger partial charge in [-0.1, -0.05) is 5.16 Å². The molecule has 4 rings (SSSR count). The molecule has 0 bridgehead atoms. The standard InChI is InChI=1S/C17H20FN3O3.C2HF3O2/c1-11-9-12(20-24-11)10-21-7-8-22-16-14(21)4-5-15(16)23-17-13(18)3-2-6-19-17;3-2(4,5)1(6)7/h2-3,6,9,14-16H,4-5,7-8,10H2,1H3;(H,6,7)/t14-,15+,16+;/m0./s1. The number of carbonyl (C=O) groups is 1. The van der Waals surface area contributed by atoms with Crippen molar-refractivity contribution >= 4 is 5.97 Å². The Morgan fingerprint density at radius 1 is 1.39 bits per heavy atom. The zero-order valence-electron chi connectivity index (χ0n) is 16.5. The zero-order chi connectivity index (χ0) is 22.6. The summed E-state index contributed by atoms with van der Waals surface area (Å²) < 4.78 is 62.4. The van der Waals surface area contributed by atoms with Crippen LogP contribution in [0.1, 0.15) is 24.3 Å². The van der Waals surface area contributed by atoms with E-state index in [1.165, 1.54) is 12.3 Å². The Morgan fingerprint density at radius 2 is 2.13 bits per heavy atom. The van der Waals surface area contributed by atoms with Gasteiger partial charge in [-0.3, -0.25) is 4.90 Å². The van der Waals surface area contributed by atoms with Crippen LogP contribution in [0.25, 0.3) is 0 Å². The molecule has 170 valence electrons. The fraction of sp³-hybridized carbons (Fsp3) is 0.526.